The van der Waals surface area contributed by atoms with Crippen LogP contribution in [0.2, 0.25) is 0 Å². The van der Waals surface area contributed by atoms with Crippen LogP contribution in [0.4, 0.5) is 19.3 Å². The molecule has 1 aliphatic heterocycles. The van der Waals surface area contributed by atoms with Gasteiger partial charge in [0.1, 0.15) is 17.4 Å². The number of hydrogen-bond donors (Lipinski definition) is 1. The zero-order valence-corrected chi connectivity index (χ0v) is 17.8. The molecule has 2 heterocycles. The van der Waals surface area contributed by atoms with Gasteiger partial charge in [-0.05, 0) is 53.6 Å². The first-order chi connectivity index (χ1) is 16.0. The molecule has 1 atom stereocenters. The largest absolute Gasteiger partial charge is 0.497 e. The lowest BCUT2D eigenvalue weighted by molar-refractivity contribution is 0.194. The fraction of sp³-hybridized carbons (Fsp3) is 0.115. The number of benzene rings is 3. The first kappa shape index (κ1) is 20.8. The Hall–Kier alpha value is -4.13. The third-order valence-electron chi connectivity index (χ3n) is 5.75. The molecule has 2 amide bonds. The summed E-state index contributed by atoms with van der Waals surface area (Å²) in [4.78, 5) is 15.2. The van der Waals surface area contributed by atoms with Crippen LogP contribution < -0.4 is 10.1 Å². The fourth-order valence-electron chi connectivity index (χ4n) is 4.32. The number of para-hydroxylation sites is 1. The van der Waals surface area contributed by atoms with E-state index in [0.717, 1.165) is 23.0 Å². The minimum Gasteiger partial charge on any atom is -0.497 e. The monoisotopic (exact) mass is 445 g/mol. The molecular weight excluding hydrogens is 424 g/mol. The lowest BCUT2D eigenvalue weighted by Gasteiger charge is -2.31. The zero-order valence-electron chi connectivity index (χ0n) is 17.8. The number of hydrogen-bond acceptors (Lipinski definition) is 2. The van der Waals surface area contributed by atoms with E-state index in [1.54, 1.807) is 36.3 Å². The third-order valence-corrected chi connectivity index (χ3v) is 5.75. The van der Waals surface area contributed by atoms with E-state index >= 15 is 0 Å². The second-order valence-electron chi connectivity index (χ2n) is 7.83. The van der Waals surface area contributed by atoms with E-state index in [-0.39, 0.29) is 6.54 Å². The van der Waals surface area contributed by atoms with Crippen molar-refractivity contribution >= 4 is 11.7 Å². The molecule has 4 aromatic rings. The molecule has 3 aromatic carbocycles. The van der Waals surface area contributed by atoms with E-state index < -0.39 is 23.7 Å². The molecule has 7 heteroatoms. The van der Waals surface area contributed by atoms with Crippen LogP contribution in [-0.2, 0) is 6.54 Å². The number of anilines is 1. The van der Waals surface area contributed by atoms with Crippen LogP contribution in [0.15, 0.2) is 85.1 Å². The fourth-order valence-corrected chi connectivity index (χ4v) is 4.32. The van der Waals surface area contributed by atoms with Crippen molar-refractivity contribution in [1.29, 1.82) is 0 Å². The molecule has 1 aromatic heterocycles. The molecule has 0 saturated heterocycles. The Morgan fingerprint density at radius 2 is 1.76 bits per heavy atom. The Labute approximate surface area is 189 Å². The molecular formula is C26H21F2N3O2. The highest BCUT2D eigenvalue weighted by Gasteiger charge is 2.33. The van der Waals surface area contributed by atoms with Gasteiger partial charge in [-0.2, -0.15) is 0 Å². The van der Waals surface area contributed by atoms with Gasteiger partial charge in [-0.25, -0.2) is 13.6 Å². The van der Waals surface area contributed by atoms with Crippen LogP contribution in [0.25, 0.3) is 5.69 Å². The normalized spacial score (nSPS) is 14.8. The maximum atomic E-state index is 14.2. The van der Waals surface area contributed by atoms with Crippen molar-refractivity contribution in [2.45, 2.75) is 12.6 Å². The van der Waals surface area contributed by atoms with Crippen LogP contribution in [0.3, 0.4) is 0 Å². The van der Waals surface area contributed by atoms with E-state index in [1.165, 1.54) is 12.1 Å². The number of rotatable bonds is 3. The van der Waals surface area contributed by atoms with Gasteiger partial charge in [0.15, 0.2) is 0 Å². The van der Waals surface area contributed by atoms with Gasteiger partial charge in [0.05, 0.1) is 25.4 Å². The summed E-state index contributed by atoms with van der Waals surface area (Å²) in [7, 11) is 1.55. The Bertz CT molecular complexity index is 1310. The highest BCUT2D eigenvalue weighted by Crippen LogP contribution is 2.37. The van der Waals surface area contributed by atoms with Gasteiger partial charge >= 0.3 is 6.03 Å². The topological polar surface area (TPSA) is 46.5 Å². The molecule has 33 heavy (non-hydrogen) atoms. The number of nitrogens with one attached hydrogen (secondary N) is 1. The number of carbonyl (C=O) groups is 1. The van der Waals surface area contributed by atoms with Crippen molar-refractivity contribution in [3.8, 4) is 11.4 Å². The molecule has 5 rings (SSSR count). The van der Waals surface area contributed by atoms with Gasteiger partial charge in [0, 0.05) is 29.7 Å². The number of aromatic nitrogens is 1. The molecule has 1 N–H and O–H groups in total. The Morgan fingerprint density at radius 3 is 2.55 bits per heavy atom. The number of halogens is 2. The lowest BCUT2D eigenvalue weighted by Crippen LogP contribution is -2.38. The first-order valence-corrected chi connectivity index (χ1v) is 10.5. The zero-order chi connectivity index (χ0) is 22.9. The van der Waals surface area contributed by atoms with Crippen molar-refractivity contribution in [3.05, 3.63) is 114 Å². The van der Waals surface area contributed by atoms with E-state index in [2.05, 4.69) is 5.32 Å². The standard InChI is InChI=1S/C26H21F2N3O2/c1-33-22-8-4-7-21(15-22)29-26(32)31-16-17-6-2-3-9-23(17)30-11-5-10-24(30)25(31)18-12-19(27)14-20(28)13-18/h2-15,25H,16H2,1H3,(H,29,32). The van der Waals surface area contributed by atoms with Crippen molar-refractivity contribution in [2.75, 3.05) is 12.4 Å². The van der Waals surface area contributed by atoms with Gasteiger partial charge in [-0.15, -0.1) is 0 Å². The second kappa shape index (κ2) is 8.43. The summed E-state index contributed by atoms with van der Waals surface area (Å²) in [6.45, 7) is 0.246. The lowest BCUT2D eigenvalue weighted by atomic mass is 10.0. The summed E-state index contributed by atoms with van der Waals surface area (Å²) >= 11 is 0. The number of carbonyl (C=O) groups excluding carboxylic acids is 1. The minimum absolute atomic E-state index is 0.246. The number of fused-ring (bicyclic) bond motifs is 3. The molecule has 0 aliphatic carbocycles. The summed E-state index contributed by atoms with van der Waals surface area (Å²) < 4.78 is 35.7. The predicted octanol–water partition coefficient (Wildman–Crippen LogP) is 5.90. The average Bonchev–Trinajstić information content (AvgIpc) is 3.22. The summed E-state index contributed by atoms with van der Waals surface area (Å²) in [5.74, 6) is -0.789. The maximum Gasteiger partial charge on any atom is 0.322 e. The minimum atomic E-state index is -0.719. The first-order valence-electron chi connectivity index (χ1n) is 10.5. The summed E-state index contributed by atoms with van der Waals surface area (Å²) in [6.07, 6.45) is 1.89. The average molecular weight is 445 g/mol. The summed E-state index contributed by atoms with van der Waals surface area (Å²) in [5.41, 5.74) is 3.45. The molecule has 1 aliphatic rings. The smallest absolute Gasteiger partial charge is 0.322 e. The molecule has 5 nitrogen and oxygen atoms in total. The second-order valence-corrected chi connectivity index (χ2v) is 7.83. The maximum absolute atomic E-state index is 14.2. The molecule has 0 fully saturated rings. The van der Waals surface area contributed by atoms with Gasteiger partial charge in [-0.3, -0.25) is 0 Å². The van der Waals surface area contributed by atoms with Crippen molar-refractivity contribution in [3.63, 3.8) is 0 Å². The van der Waals surface area contributed by atoms with Crippen LogP contribution in [0.5, 0.6) is 5.75 Å². The number of nitrogens with zero attached hydrogens (tertiary/aromatic N) is 2. The number of urea groups is 1. The Balaban J connectivity index is 1.64. The van der Waals surface area contributed by atoms with E-state index in [0.29, 0.717) is 17.0 Å². The molecule has 0 saturated carbocycles. The molecule has 0 spiro atoms. The highest BCUT2D eigenvalue weighted by molar-refractivity contribution is 5.90. The summed E-state index contributed by atoms with van der Waals surface area (Å²) in [6, 6.07) is 20.7. The SMILES string of the molecule is COc1cccc(NC(=O)N2Cc3ccccc3-n3cccc3C2c2cc(F)cc(F)c2)c1. The Morgan fingerprint density at radius 1 is 0.970 bits per heavy atom. The molecule has 166 valence electrons. The van der Waals surface area contributed by atoms with E-state index in [4.69, 9.17) is 4.74 Å². The number of ether oxygens (including phenoxy) is 1. The van der Waals surface area contributed by atoms with Gasteiger partial charge in [0.25, 0.3) is 0 Å². The third kappa shape index (κ3) is 3.93. The van der Waals surface area contributed by atoms with Crippen LogP contribution >= 0.6 is 0 Å². The van der Waals surface area contributed by atoms with E-state index in [9.17, 15) is 13.6 Å². The molecule has 0 bridgehead atoms. The molecule has 1 unspecified atom stereocenters. The highest BCUT2D eigenvalue weighted by atomic mass is 19.1. The van der Waals surface area contributed by atoms with Gasteiger partial charge in [0.2, 0.25) is 0 Å². The predicted molar refractivity (Wildman–Crippen MR) is 122 cm³/mol. The number of methoxy groups -OCH3 is 1. The van der Waals surface area contributed by atoms with Crippen LogP contribution in [0.1, 0.15) is 22.9 Å². The van der Waals surface area contributed by atoms with Gasteiger partial charge < -0.3 is 19.5 Å². The Kier molecular flexibility index (Phi) is 5.30. The number of amides is 2. The van der Waals surface area contributed by atoms with Crippen molar-refractivity contribution < 1.29 is 18.3 Å². The van der Waals surface area contributed by atoms with Crippen molar-refractivity contribution in [2.24, 2.45) is 0 Å². The van der Waals surface area contributed by atoms with Crippen LogP contribution in [-0.4, -0.2) is 22.6 Å². The summed E-state index contributed by atoms with van der Waals surface area (Å²) in [5, 5.41) is 2.91. The van der Waals surface area contributed by atoms with Crippen LogP contribution in [0, 0.1) is 11.6 Å². The van der Waals surface area contributed by atoms with E-state index in [1.807, 2.05) is 47.2 Å². The van der Waals surface area contributed by atoms with Crippen molar-refractivity contribution in [1.82, 2.24) is 9.47 Å². The quantitative estimate of drug-likeness (QED) is 0.427. The van der Waals surface area contributed by atoms with Gasteiger partial charge in [-0.1, -0.05) is 24.3 Å². The molecule has 0 radical (unpaired) electrons.